The SMILES string of the molecule is COc1ccc(C(OC[C@H]2O[C@H](n3cc(C)c(=O)[nH]c3=O)C[C@@H]2OP(OCCC#N)N(C(C)C)C(C)C)(c2ccccc2)c2ccc(OC)cc2)cc1. The lowest BCUT2D eigenvalue weighted by Crippen LogP contribution is -2.39. The molecule has 4 aromatic rings. The fourth-order valence-electron chi connectivity index (χ4n) is 6.62. The number of nitrogens with zero attached hydrogens (tertiary/aromatic N) is 3. The van der Waals surface area contributed by atoms with Gasteiger partial charge in [-0.3, -0.25) is 14.3 Å². The van der Waals surface area contributed by atoms with Crippen molar-refractivity contribution in [3.05, 3.63) is 128 Å². The fourth-order valence-corrected chi connectivity index (χ4v) is 8.38. The molecule has 0 bridgehead atoms. The lowest BCUT2D eigenvalue weighted by molar-refractivity contribution is -0.0926. The van der Waals surface area contributed by atoms with Gasteiger partial charge in [-0.2, -0.15) is 5.26 Å². The summed E-state index contributed by atoms with van der Waals surface area (Å²) in [5.74, 6) is 1.40. The van der Waals surface area contributed by atoms with Crippen LogP contribution < -0.4 is 20.7 Å². The molecule has 53 heavy (non-hydrogen) atoms. The van der Waals surface area contributed by atoms with E-state index in [0.717, 1.165) is 16.7 Å². The maximum atomic E-state index is 13.1. The van der Waals surface area contributed by atoms with Crippen LogP contribution in [0, 0.1) is 18.3 Å². The molecule has 5 rings (SSSR count). The second kappa shape index (κ2) is 18.1. The molecule has 13 heteroatoms. The van der Waals surface area contributed by atoms with Crippen molar-refractivity contribution >= 4 is 8.53 Å². The summed E-state index contributed by atoms with van der Waals surface area (Å²) in [6.07, 6.45) is -0.0783. The zero-order valence-electron chi connectivity index (χ0n) is 31.4. The van der Waals surface area contributed by atoms with Gasteiger partial charge in [-0.25, -0.2) is 9.46 Å². The van der Waals surface area contributed by atoms with Gasteiger partial charge in [0.25, 0.3) is 14.1 Å². The molecule has 1 aliphatic heterocycles. The molecule has 1 aromatic heterocycles. The highest BCUT2D eigenvalue weighted by molar-refractivity contribution is 7.44. The van der Waals surface area contributed by atoms with Gasteiger partial charge in [-0.05, 0) is 75.6 Å². The summed E-state index contributed by atoms with van der Waals surface area (Å²) in [5, 5.41) is 9.29. The minimum absolute atomic E-state index is 0.0376. The number of aromatic amines is 1. The van der Waals surface area contributed by atoms with Crippen molar-refractivity contribution in [2.45, 2.75) is 83.6 Å². The van der Waals surface area contributed by atoms with Crippen LogP contribution in [0.15, 0.2) is 94.6 Å². The standard InChI is InChI=1S/C40H49N4O8P/c1-27(2)44(28(3)4)53(50-23-11-22-41)52-35-24-37(43-25-29(5)38(45)42-39(43)46)51-36(35)26-49-40(30-12-9-8-10-13-30,31-14-18-33(47-6)19-15-31)32-16-20-34(48-7)21-17-32/h8-10,12-21,25,27-28,35-37H,11,23-24,26H2,1-7H3,(H,42,45,46)/t35-,36+,37-,53?/m0/s1. The Morgan fingerprint density at radius 3 is 2.02 bits per heavy atom. The van der Waals surface area contributed by atoms with Crippen molar-refractivity contribution in [1.82, 2.24) is 14.2 Å². The average molecular weight is 745 g/mol. The summed E-state index contributed by atoms with van der Waals surface area (Å²) in [7, 11) is 1.59. The minimum atomic E-state index is -1.67. The maximum absolute atomic E-state index is 13.1. The first-order valence-electron chi connectivity index (χ1n) is 17.7. The molecule has 0 aliphatic carbocycles. The van der Waals surface area contributed by atoms with Crippen molar-refractivity contribution < 1.29 is 28.0 Å². The Bertz CT molecular complexity index is 1870. The number of rotatable bonds is 17. The van der Waals surface area contributed by atoms with Gasteiger partial charge in [0.05, 0.1) is 46.0 Å². The number of ether oxygens (including phenoxy) is 4. The zero-order valence-corrected chi connectivity index (χ0v) is 32.2. The summed E-state index contributed by atoms with van der Waals surface area (Å²) >= 11 is 0. The van der Waals surface area contributed by atoms with Gasteiger partial charge in [0, 0.05) is 30.3 Å². The first kappa shape index (κ1) is 39.9. The van der Waals surface area contributed by atoms with E-state index in [4.69, 9.17) is 28.0 Å². The molecule has 1 fully saturated rings. The third kappa shape index (κ3) is 9.07. The van der Waals surface area contributed by atoms with E-state index in [9.17, 15) is 14.9 Å². The quantitative estimate of drug-likeness (QED) is 0.0697. The Balaban J connectivity index is 1.60. The van der Waals surface area contributed by atoms with Crippen LogP contribution >= 0.6 is 8.53 Å². The van der Waals surface area contributed by atoms with Gasteiger partial charge < -0.3 is 28.0 Å². The Hall–Kier alpha value is -4.34. The van der Waals surface area contributed by atoms with Crippen LogP contribution in [0.5, 0.6) is 11.5 Å². The highest BCUT2D eigenvalue weighted by Crippen LogP contribution is 2.50. The van der Waals surface area contributed by atoms with E-state index in [1.807, 2.05) is 78.9 Å². The Labute approximate surface area is 312 Å². The lowest BCUT2D eigenvalue weighted by atomic mass is 9.80. The number of aromatic nitrogens is 2. The van der Waals surface area contributed by atoms with Crippen LogP contribution in [-0.4, -0.2) is 65.9 Å². The van der Waals surface area contributed by atoms with E-state index in [2.05, 4.69) is 43.4 Å². The molecule has 0 radical (unpaired) electrons. The number of benzene rings is 3. The van der Waals surface area contributed by atoms with E-state index in [0.29, 0.717) is 17.1 Å². The van der Waals surface area contributed by atoms with E-state index >= 15 is 0 Å². The van der Waals surface area contributed by atoms with Gasteiger partial charge in [0.1, 0.15) is 29.4 Å². The Kier molecular flexibility index (Phi) is 13.6. The molecular weight excluding hydrogens is 695 g/mol. The van der Waals surface area contributed by atoms with Crippen molar-refractivity contribution in [3.63, 3.8) is 0 Å². The van der Waals surface area contributed by atoms with Crippen LogP contribution in [0.2, 0.25) is 0 Å². The molecule has 1 unspecified atom stereocenters. The van der Waals surface area contributed by atoms with E-state index < -0.39 is 43.8 Å². The van der Waals surface area contributed by atoms with Crippen LogP contribution in [0.3, 0.4) is 0 Å². The number of methoxy groups -OCH3 is 2. The molecule has 282 valence electrons. The summed E-state index contributed by atoms with van der Waals surface area (Å²) in [4.78, 5) is 27.8. The van der Waals surface area contributed by atoms with Gasteiger partial charge in [-0.1, -0.05) is 54.6 Å². The second-order valence-corrected chi connectivity index (χ2v) is 14.8. The first-order valence-corrected chi connectivity index (χ1v) is 18.9. The number of hydrogen-bond donors (Lipinski definition) is 1. The highest BCUT2D eigenvalue weighted by Gasteiger charge is 2.45. The molecular formula is C40H49N4O8P. The number of H-pyrrole nitrogens is 1. The van der Waals surface area contributed by atoms with Crippen LogP contribution in [0.25, 0.3) is 0 Å². The Morgan fingerprint density at radius 2 is 1.49 bits per heavy atom. The Morgan fingerprint density at radius 1 is 0.925 bits per heavy atom. The molecule has 1 aliphatic rings. The summed E-state index contributed by atoms with van der Waals surface area (Å²) in [5.41, 5.74) is 0.779. The van der Waals surface area contributed by atoms with Crippen molar-refractivity contribution in [1.29, 1.82) is 5.26 Å². The molecule has 3 aromatic carbocycles. The van der Waals surface area contributed by atoms with Crippen molar-refractivity contribution in [2.24, 2.45) is 0 Å². The maximum Gasteiger partial charge on any atom is 0.330 e. The second-order valence-electron chi connectivity index (χ2n) is 13.3. The minimum Gasteiger partial charge on any atom is -0.497 e. The van der Waals surface area contributed by atoms with Gasteiger partial charge in [0.15, 0.2) is 0 Å². The van der Waals surface area contributed by atoms with Crippen molar-refractivity contribution in [2.75, 3.05) is 27.4 Å². The van der Waals surface area contributed by atoms with Gasteiger partial charge in [0.2, 0.25) is 0 Å². The van der Waals surface area contributed by atoms with Gasteiger partial charge >= 0.3 is 5.69 Å². The van der Waals surface area contributed by atoms with Crippen LogP contribution in [-0.2, 0) is 24.1 Å². The third-order valence-electron chi connectivity index (χ3n) is 9.16. The average Bonchev–Trinajstić information content (AvgIpc) is 3.56. The van der Waals surface area contributed by atoms with E-state index in [-0.39, 0.29) is 38.1 Å². The normalized spacial score (nSPS) is 18.0. The molecule has 0 spiro atoms. The summed E-state index contributed by atoms with van der Waals surface area (Å²) < 4.78 is 41.6. The number of nitrogens with one attached hydrogen (secondary N) is 1. The van der Waals surface area contributed by atoms with Crippen LogP contribution in [0.4, 0.5) is 0 Å². The molecule has 0 saturated carbocycles. The predicted molar refractivity (Wildman–Crippen MR) is 203 cm³/mol. The summed E-state index contributed by atoms with van der Waals surface area (Å²) in [6.45, 7) is 10.2. The predicted octanol–water partition coefficient (Wildman–Crippen LogP) is 6.82. The highest BCUT2D eigenvalue weighted by atomic mass is 31.2. The third-order valence-corrected chi connectivity index (χ3v) is 11.3. The van der Waals surface area contributed by atoms with E-state index in [1.54, 1.807) is 21.1 Å². The number of nitriles is 1. The molecule has 2 heterocycles. The number of hydrogen-bond acceptors (Lipinski definition) is 10. The molecule has 12 nitrogen and oxygen atoms in total. The smallest absolute Gasteiger partial charge is 0.330 e. The zero-order chi connectivity index (χ0) is 38.1. The van der Waals surface area contributed by atoms with E-state index in [1.165, 1.54) is 10.8 Å². The lowest BCUT2D eigenvalue weighted by Gasteiger charge is -2.39. The topological polar surface area (TPSA) is 137 Å². The molecule has 4 atom stereocenters. The molecule has 1 saturated heterocycles. The first-order chi connectivity index (χ1) is 25.5. The largest absolute Gasteiger partial charge is 0.497 e. The molecule has 1 N–H and O–H groups in total. The van der Waals surface area contributed by atoms with Crippen molar-refractivity contribution in [3.8, 4) is 17.6 Å². The number of aryl methyl sites for hydroxylation is 1. The van der Waals surface area contributed by atoms with Gasteiger partial charge in [-0.15, -0.1) is 0 Å². The monoisotopic (exact) mass is 744 g/mol. The molecule has 0 amide bonds. The summed E-state index contributed by atoms with van der Waals surface area (Å²) in [6, 6.07) is 27.8. The van der Waals surface area contributed by atoms with Crippen LogP contribution in [0.1, 0.15) is 69.0 Å². The fraction of sp³-hybridized carbons (Fsp3) is 0.425.